The van der Waals surface area contributed by atoms with E-state index in [2.05, 4.69) is 22.2 Å². The Labute approximate surface area is 129 Å². The van der Waals surface area contributed by atoms with Crippen molar-refractivity contribution in [3.63, 3.8) is 0 Å². The molecule has 1 aromatic rings. The molecular formula is C16H19N3O3. The highest BCUT2D eigenvalue weighted by atomic mass is 16.5. The van der Waals surface area contributed by atoms with Crippen LogP contribution in [0.5, 0.6) is 5.88 Å². The molecule has 0 bridgehead atoms. The summed E-state index contributed by atoms with van der Waals surface area (Å²) in [6, 6.07) is 1.66. The van der Waals surface area contributed by atoms with E-state index in [1.165, 1.54) is 6.08 Å². The van der Waals surface area contributed by atoms with Gasteiger partial charge in [-0.25, -0.2) is 4.98 Å². The average Bonchev–Trinajstić information content (AvgIpc) is 2.96. The van der Waals surface area contributed by atoms with Crippen molar-refractivity contribution in [1.29, 1.82) is 0 Å². The summed E-state index contributed by atoms with van der Waals surface area (Å²) in [6.07, 6.45) is 6.93. The summed E-state index contributed by atoms with van der Waals surface area (Å²) >= 11 is 0. The van der Waals surface area contributed by atoms with Crippen molar-refractivity contribution >= 4 is 17.5 Å². The molecule has 116 valence electrons. The summed E-state index contributed by atoms with van der Waals surface area (Å²) in [5.74, 6) is -0.118. The zero-order valence-electron chi connectivity index (χ0n) is 12.6. The van der Waals surface area contributed by atoms with E-state index in [9.17, 15) is 9.59 Å². The van der Waals surface area contributed by atoms with Gasteiger partial charge in [-0.3, -0.25) is 9.59 Å². The molecule has 0 saturated heterocycles. The topological polar surface area (TPSA) is 80.3 Å². The Hall–Kier alpha value is -2.63. The van der Waals surface area contributed by atoms with Crippen LogP contribution in [-0.4, -0.2) is 29.9 Å². The smallest absolute Gasteiger partial charge is 0.243 e. The molecule has 1 aliphatic carbocycles. The Kier molecular flexibility index (Phi) is 4.93. The number of anilines is 1. The summed E-state index contributed by atoms with van der Waals surface area (Å²) < 4.78 is 5.08. The first-order valence-corrected chi connectivity index (χ1v) is 6.96. The van der Waals surface area contributed by atoms with E-state index < -0.39 is 0 Å². The van der Waals surface area contributed by atoms with E-state index in [-0.39, 0.29) is 23.8 Å². The quantitative estimate of drug-likeness (QED) is 0.639. The van der Waals surface area contributed by atoms with Crippen molar-refractivity contribution in [2.75, 3.05) is 12.4 Å². The van der Waals surface area contributed by atoms with Gasteiger partial charge in [-0.2, -0.15) is 0 Å². The van der Waals surface area contributed by atoms with Crippen LogP contribution in [-0.2, 0) is 9.59 Å². The van der Waals surface area contributed by atoms with Gasteiger partial charge in [0.05, 0.1) is 24.9 Å². The Bertz CT molecular complexity index is 625. The fourth-order valence-electron chi connectivity index (χ4n) is 2.32. The molecular weight excluding hydrogens is 282 g/mol. The van der Waals surface area contributed by atoms with Gasteiger partial charge in [0.25, 0.3) is 0 Å². The Balaban J connectivity index is 1.93. The second-order valence-electron chi connectivity index (χ2n) is 5.09. The molecule has 0 saturated carbocycles. The maximum atomic E-state index is 12.2. The first-order valence-electron chi connectivity index (χ1n) is 6.96. The van der Waals surface area contributed by atoms with Gasteiger partial charge in [0.15, 0.2) is 0 Å². The second-order valence-corrected chi connectivity index (χ2v) is 5.09. The fourth-order valence-corrected chi connectivity index (χ4v) is 2.32. The van der Waals surface area contributed by atoms with Crippen LogP contribution in [0, 0.1) is 12.8 Å². The minimum absolute atomic E-state index is 0.127. The number of aromatic nitrogens is 1. The standard InChI is InChI=1S/C16H19N3O3/c1-4-14(20)18-12-6-5-11(8-12)15(21)19-13-7-10(2)16(22-3)17-9-13/h4-7,9,11-12H,1,8H2,2-3H3,(H,18,20)(H,19,21)/t11-,12+/m1/s1. The predicted octanol–water partition coefficient (Wildman–Crippen LogP) is 1.58. The Morgan fingerprint density at radius 1 is 1.45 bits per heavy atom. The van der Waals surface area contributed by atoms with Crippen molar-refractivity contribution in [3.05, 3.63) is 42.6 Å². The summed E-state index contributed by atoms with van der Waals surface area (Å²) in [5, 5.41) is 5.57. The number of carbonyl (C=O) groups is 2. The van der Waals surface area contributed by atoms with E-state index in [1.807, 2.05) is 13.0 Å². The Morgan fingerprint density at radius 3 is 2.86 bits per heavy atom. The van der Waals surface area contributed by atoms with Crippen LogP contribution in [0.3, 0.4) is 0 Å². The molecule has 0 spiro atoms. The minimum atomic E-state index is -0.280. The molecule has 22 heavy (non-hydrogen) atoms. The number of methoxy groups -OCH3 is 1. The highest BCUT2D eigenvalue weighted by Crippen LogP contribution is 2.22. The number of ether oxygens (including phenoxy) is 1. The monoisotopic (exact) mass is 301 g/mol. The second kappa shape index (κ2) is 6.89. The number of rotatable bonds is 5. The van der Waals surface area contributed by atoms with Crippen molar-refractivity contribution in [2.24, 2.45) is 5.92 Å². The molecule has 1 aromatic heterocycles. The third-order valence-corrected chi connectivity index (χ3v) is 3.42. The highest BCUT2D eigenvalue weighted by Gasteiger charge is 2.25. The summed E-state index contributed by atoms with van der Waals surface area (Å²) in [7, 11) is 1.55. The van der Waals surface area contributed by atoms with Crippen LogP contribution in [0.15, 0.2) is 37.1 Å². The molecule has 2 amide bonds. The van der Waals surface area contributed by atoms with Crippen LogP contribution in [0.1, 0.15) is 12.0 Å². The number of nitrogens with one attached hydrogen (secondary N) is 2. The SMILES string of the molecule is C=CC(=O)N[C@H]1C=C[C@@H](C(=O)Nc2cnc(OC)c(C)c2)C1. The number of pyridine rings is 1. The summed E-state index contributed by atoms with van der Waals surface area (Å²) in [4.78, 5) is 27.6. The van der Waals surface area contributed by atoms with Gasteiger partial charge in [0.1, 0.15) is 0 Å². The molecule has 0 aliphatic heterocycles. The van der Waals surface area contributed by atoms with Gasteiger partial charge in [0, 0.05) is 11.6 Å². The molecule has 6 nitrogen and oxygen atoms in total. The minimum Gasteiger partial charge on any atom is -0.481 e. The third-order valence-electron chi connectivity index (χ3n) is 3.42. The lowest BCUT2D eigenvalue weighted by molar-refractivity contribution is -0.119. The van der Waals surface area contributed by atoms with Gasteiger partial charge in [-0.15, -0.1) is 0 Å². The highest BCUT2D eigenvalue weighted by molar-refractivity contribution is 5.94. The molecule has 0 fully saturated rings. The lowest BCUT2D eigenvalue weighted by atomic mass is 10.1. The van der Waals surface area contributed by atoms with E-state index >= 15 is 0 Å². The molecule has 2 N–H and O–H groups in total. The maximum absolute atomic E-state index is 12.2. The van der Waals surface area contributed by atoms with E-state index in [1.54, 1.807) is 25.4 Å². The zero-order chi connectivity index (χ0) is 16.1. The number of hydrogen-bond donors (Lipinski definition) is 2. The lowest BCUT2D eigenvalue weighted by Gasteiger charge is -2.13. The normalized spacial score (nSPS) is 19.5. The van der Waals surface area contributed by atoms with Crippen molar-refractivity contribution < 1.29 is 14.3 Å². The third kappa shape index (κ3) is 3.72. The molecule has 0 aromatic carbocycles. The van der Waals surface area contributed by atoms with E-state index in [4.69, 9.17) is 4.74 Å². The summed E-state index contributed by atoms with van der Waals surface area (Å²) in [6.45, 7) is 5.26. The number of carbonyl (C=O) groups excluding carboxylic acids is 2. The van der Waals surface area contributed by atoms with Gasteiger partial charge >= 0.3 is 0 Å². The van der Waals surface area contributed by atoms with Crippen LogP contribution in [0.4, 0.5) is 5.69 Å². The van der Waals surface area contributed by atoms with Gasteiger partial charge in [-0.05, 0) is 25.5 Å². The van der Waals surface area contributed by atoms with E-state index in [0.717, 1.165) is 5.56 Å². The molecule has 6 heteroatoms. The number of aryl methyl sites for hydroxylation is 1. The van der Waals surface area contributed by atoms with Gasteiger partial charge < -0.3 is 15.4 Å². The molecule has 2 rings (SSSR count). The molecule has 1 heterocycles. The van der Waals surface area contributed by atoms with Crippen LogP contribution in [0.2, 0.25) is 0 Å². The van der Waals surface area contributed by atoms with Crippen LogP contribution in [0.25, 0.3) is 0 Å². The van der Waals surface area contributed by atoms with Crippen molar-refractivity contribution in [3.8, 4) is 5.88 Å². The lowest BCUT2D eigenvalue weighted by Crippen LogP contribution is -2.32. The number of hydrogen-bond acceptors (Lipinski definition) is 4. The average molecular weight is 301 g/mol. The molecule has 2 atom stereocenters. The van der Waals surface area contributed by atoms with Crippen LogP contribution < -0.4 is 15.4 Å². The number of nitrogens with zero attached hydrogens (tertiary/aromatic N) is 1. The van der Waals surface area contributed by atoms with Crippen LogP contribution >= 0.6 is 0 Å². The maximum Gasteiger partial charge on any atom is 0.243 e. The molecule has 0 unspecified atom stereocenters. The van der Waals surface area contributed by atoms with Crippen molar-refractivity contribution in [1.82, 2.24) is 10.3 Å². The largest absolute Gasteiger partial charge is 0.481 e. The fraction of sp³-hybridized carbons (Fsp3) is 0.312. The summed E-state index contributed by atoms with van der Waals surface area (Å²) in [5.41, 5.74) is 1.47. The number of amides is 2. The Morgan fingerprint density at radius 2 is 2.23 bits per heavy atom. The van der Waals surface area contributed by atoms with Crippen molar-refractivity contribution in [2.45, 2.75) is 19.4 Å². The van der Waals surface area contributed by atoms with Gasteiger partial charge in [0.2, 0.25) is 17.7 Å². The van der Waals surface area contributed by atoms with Gasteiger partial charge in [-0.1, -0.05) is 18.7 Å². The molecule has 0 radical (unpaired) electrons. The van der Waals surface area contributed by atoms with E-state index in [0.29, 0.717) is 18.0 Å². The zero-order valence-corrected chi connectivity index (χ0v) is 12.6. The molecule has 1 aliphatic rings. The predicted molar refractivity (Wildman–Crippen MR) is 83.5 cm³/mol. The first kappa shape index (κ1) is 15.8. The first-order chi connectivity index (χ1) is 10.5.